The number of hydrogen-bond donors (Lipinski definition) is 0. The minimum Gasteiger partial charge on any atom is -0.187 e. The predicted molar refractivity (Wildman–Crippen MR) is 25.8 cm³/mol. The fourth-order valence-corrected chi connectivity index (χ4v) is 0.771. The number of piperidine rings is 1. The van der Waals surface area contributed by atoms with E-state index in [-0.39, 0.29) is 6.42 Å². The zero-order valence-corrected chi connectivity index (χ0v) is 4.53. The lowest BCUT2D eigenvalue weighted by Gasteiger charge is -2.19. The summed E-state index contributed by atoms with van der Waals surface area (Å²) in [5, 5.41) is 3.13. The van der Waals surface area contributed by atoms with Crippen molar-refractivity contribution in [3.05, 3.63) is 0 Å². The van der Waals surface area contributed by atoms with Crippen molar-refractivity contribution in [3.8, 4) is 0 Å². The Kier molecular flexibility index (Phi) is 1.47. The van der Waals surface area contributed by atoms with Gasteiger partial charge in [0.15, 0.2) is 0 Å². The molecule has 1 radical (unpaired) electrons. The van der Waals surface area contributed by atoms with E-state index >= 15 is 0 Å². The molecule has 0 bridgehead atoms. The van der Waals surface area contributed by atoms with Gasteiger partial charge in [0.1, 0.15) is 0 Å². The van der Waals surface area contributed by atoms with Gasteiger partial charge in [0.2, 0.25) is 0 Å². The highest BCUT2D eigenvalue weighted by molar-refractivity contribution is 4.68. The van der Waals surface area contributed by atoms with Crippen LogP contribution in [0.15, 0.2) is 0 Å². The first-order chi connectivity index (χ1) is 3.71. The molecule has 0 spiro atoms. The van der Waals surface area contributed by atoms with Crippen molar-refractivity contribution in [2.45, 2.75) is 25.3 Å². The summed E-state index contributed by atoms with van der Waals surface area (Å²) < 4.78 is 24.1. The average Bonchev–Trinajstić information content (AvgIpc) is 1.65. The van der Waals surface area contributed by atoms with E-state index in [1.54, 1.807) is 0 Å². The molecule has 0 aliphatic carbocycles. The number of rotatable bonds is 0. The van der Waals surface area contributed by atoms with E-state index < -0.39 is 6.05 Å². The van der Waals surface area contributed by atoms with E-state index in [0.29, 0.717) is 13.0 Å². The molecule has 8 heavy (non-hydrogen) atoms. The topological polar surface area (TPSA) is 14.1 Å². The van der Waals surface area contributed by atoms with Crippen molar-refractivity contribution >= 4 is 0 Å². The second kappa shape index (κ2) is 1.97. The van der Waals surface area contributed by atoms with E-state index in [0.717, 1.165) is 6.42 Å². The van der Waals surface area contributed by atoms with Crippen LogP contribution in [0.1, 0.15) is 19.3 Å². The molecule has 1 aliphatic heterocycles. The second-order valence-corrected chi connectivity index (χ2v) is 2.00. The van der Waals surface area contributed by atoms with Gasteiger partial charge in [0, 0.05) is 13.0 Å². The Morgan fingerprint density at radius 1 is 1.25 bits per heavy atom. The van der Waals surface area contributed by atoms with Gasteiger partial charge in [-0.3, -0.25) is 0 Å². The third-order valence-corrected chi connectivity index (χ3v) is 1.23. The number of alkyl halides is 2. The fourth-order valence-electron chi connectivity index (χ4n) is 0.771. The summed E-state index contributed by atoms with van der Waals surface area (Å²) in [5.74, 6) is 0. The maximum atomic E-state index is 12.0. The van der Waals surface area contributed by atoms with Crippen LogP contribution in [0.3, 0.4) is 0 Å². The highest BCUT2D eigenvalue weighted by Crippen LogP contribution is 2.22. The molecule has 0 amide bonds. The van der Waals surface area contributed by atoms with Crippen molar-refractivity contribution in [3.63, 3.8) is 0 Å². The van der Waals surface area contributed by atoms with Crippen LogP contribution in [0.4, 0.5) is 8.78 Å². The summed E-state index contributed by atoms with van der Waals surface area (Å²) in [7, 11) is 0. The summed E-state index contributed by atoms with van der Waals surface area (Å²) >= 11 is 0. The van der Waals surface area contributed by atoms with Gasteiger partial charge < -0.3 is 0 Å². The van der Waals surface area contributed by atoms with Crippen molar-refractivity contribution in [1.82, 2.24) is 5.32 Å². The summed E-state index contributed by atoms with van der Waals surface area (Å²) in [4.78, 5) is 0. The van der Waals surface area contributed by atoms with Crippen LogP contribution in [-0.2, 0) is 0 Å². The van der Waals surface area contributed by atoms with Crippen LogP contribution in [-0.4, -0.2) is 12.6 Å². The smallest absolute Gasteiger partial charge is 0.187 e. The molecule has 0 aromatic heterocycles. The van der Waals surface area contributed by atoms with Crippen LogP contribution in [0.5, 0.6) is 0 Å². The summed E-state index contributed by atoms with van der Waals surface area (Å²) in [5.41, 5.74) is 0. The molecular formula is C5H8F2N. The molecule has 1 heterocycles. The van der Waals surface area contributed by atoms with Gasteiger partial charge >= 0.3 is 6.05 Å². The van der Waals surface area contributed by atoms with Crippen LogP contribution in [0, 0.1) is 0 Å². The summed E-state index contributed by atoms with van der Waals surface area (Å²) in [6.45, 7) is 0.340. The molecule has 0 N–H and O–H groups in total. The standard InChI is InChI=1S/C5H8F2N/c6-5(7)3-1-2-4-8-5/h1-4H2. The normalized spacial score (nSPS) is 27.8. The van der Waals surface area contributed by atoms with Gasteiger partial charge in [-0.25, -0.2) is 0 Å². The Balaban J connectivity index is 2.33. The number of nitrogens with zero attached hydrogens (tertiary/aromatic N) is 1. The van der Waals surface area contributed by atoms with Crippen LogP contribution in [0.2, 0.25) is 0 Å². The molecule has 0 unspecified atom stereocenters. The molecule has 47 valence electrons. The van der Waals surface area contributed by atoms with E-state index in [9.17, 15) is 8.78 Å². The van der Waals surface area contributed by atoms with Gasteiger partial charge in [0.25, 0.3) is 0 Å². The minimum absolute atomic E-state index is 0.0486. The van der Waals surface area contributed by atoms with Crippen molar-refractivity contribution in [2.75, 3.05) is 6.54 Å². The van der Waals surface area contributed by atoms with Gasteiger partial charge in [-0.15, -0.1) is 0 Å². The third-order valence-electron chi connectivity index (χ3n) is 1.23. The number of hydrogen-bond acceptors (Lipinski definition) is 0. The van der Waals surface area contributed by atoms with Gasteiger partial charge in [-0.2, -0.15) is 14.1 Å². The molecule has 3 heteroatoms. The average molecular weight is 120 g/mol. The fraction of sp³-hybridized carbons (Fsp3) is 1.00. The molecule has 1 nitrogen and oxygen atoms in total. The molecule has 0 aromatic rings. The molecule has 1 aliphatic rings. The minimum atomic E-state index is -2.70. The molecule has 1 saturated heterocycles. The first-order valence-electron chi connectivity index (χ1n) is 2.77. The summed E-state index contributed by atoms with van der Waals surface area (Å²) in [6.07, 6.45) is 1.40. The first-order valence-corrected chi connectivity index (χ1v) is 2.77. The lowest BCUT2D eigenvalue weighted by Crippen LogP contribution is -2.34. The maximum absolute atomic E-state index is 12.0. The zero-order valence-electron chi connectivity index (χ0n) is 4.53. The van der Waals surface area contributed by atoms with Crippen LogP contribution < -0.4 is 5.32 Å². The van der Waals surface area contributed by atoms with Gasteiger partial charge in [0.05, 0.1) is 0 Å². The molecular weight excluding hydrogens is 112 g/mol. The van der Waals surface area contributed by atoms with Crippen molar-refractivity contribution < 1.29 is 8.78 Å². The van der Waals surface area contributed by atoms with Gasteiger partial charge in [-0.05, 0) is 12.8 Å². The molecule has 0 aromatic carbocycles. The lowest BCUT2D eigenvalue weighted by atomic mass is 10.1. The third kappa shape index (κ3) is 1.40. The largest absolute Gasteiger partial charge is 0.317 e. The Morgan fingerprint density at radius 3 is 2.25 bits per heavy atom. The first kappa shape index (κ1) is 5.95. The van der Waals surface area contributed by atoms with Crippen molar-refractivity contribution in [2.24, 2.45) is 0 Å². The van der Waals surface area contributed by atoms with Crippen LogP contribution in [0.25, 0.3) is 0 Å². The SMILES string of the molecule is FC1(F)CCCC[N]1. The Morgan fingerprint density at radius 2 is 2.00 bits per heavy atom. The lowest BCUT2D eigenvalue weighted by molar-refractivity contribution is -0.0609. The molecule has 0 atom stereocenters. The zero-order chi connectivity index (χ0) is 6.04. The maximum Gasteiger partial charge on any atom is 0.317 e. The molecule has 1 rings (SSSR count). The Bertz CT molecular complexity index is 74.5. The van der Waals surface area contributed by atoms with Gasteiger partial charge in [-0.1, -0.05) is 0 Å². The highest BCUT2D eigenvalue weighted by Gasteiger charge is 2.31. The molecule has 1 fully saturated rings. The number of halogens is 2. The van der Waals surface area contributed by atoms with Crippen molar-refractivity contribution in [1.29, 1.82) is 0 Å². The predicted octanol–water partition coefficient (Wildman–Crippen LogP) is 1.37. The van der Waals surface area contributed by atoms with E-state index in [1.807, 2.05) is 0 Å². The highest BCUT2D eigenvalue weighted by atomic mass is 19.3. The summed E-state index contributed by atoms with van der Waals surface area (Å²) in [6, 6.07) is -2.70. The van der Waals surface area contributed by atoms with E-state index in [2.05, 4.69) is 5.32 Å². The van der Waals surface area contributed by atoms with Crippen LogP contribution >= 0.6 is 0 Å². The molecule has 0 saturated carbocycles. The quantitative estimate of drug-likeness (QED) is 0.428. The second-order valence-electron chi connectivity index (χ2n) is 2.00. The van der Waals surface area contributed by atoms with E-state index in [1.165, 1.54) is 0 Å². The van der Waals surface area contributed by atoms with E-state index in [4.69, 9.17) is 0 Å². The monoisotopic (exact) mass is 120 g/mol. The Hall–Kier alpha value is -0.180. The Labute approximate surface area is 47.1 Å².